The molecular formula is C8H15NO. The van der Waals surface area contributed by atoms with Gasteiger partial charge in [0.1, 0.15) is 5.78 Å². The summed E-state index contributed by atoms with van der Waals surface area (Å²) in [6.45, 7) is 4.82. The average molecular weight is 141 g/mol. The van der Waals surface area contributed by atoms with Crippen molar-refractivity contribution in [1.29, 1.82) is 0 Å². The number of hydrogen-bond donors (Lipinski definition) is 0. The van der Waals surface area contributed by atoms with Gasteiger partial charge in [-0.3, -0.25) is 4.79 Å². The van der Waals surface area contributed by atoms with E-state index in [-0.39, 0.29) is 0 Å². The molecule has 1 aliphatic rings. The maximum atomic E-state index is 10.9. The van der Waals surface area contributed by atoms with Gasteiger partial charge in [-0.15, -0.1) is 0 Å². The topological polar surface area (TPSA) is 20.3 Å². The molecule has 0 N–H and O–H groups in total. The van der Waals surface area contributed by atoms with E-state index in [0.29, 0.717) is 17.7 Å². The molecule has 0 radical (unpaired) electrons. The molecule has 2 heteroatoms. The summed E-state index contributed by atoms with van der Waals surface area (Å²) in [7, 11) is 2.08. The van der Waals surface area contributed by atoms with E-state index in [2.05, 4.69) is 18.9 Å². The van der Waals surface area contributed by atoms with Crippen molar-refractivity contribution >= 4 is 5.78 Å². The van der Waals surface area contributed by atoms with E-state index in [1.165, 1.54) is 0 Å². The van der Waals surface area contributed by atoms with Crippen LogP contribution in [0.1, 0.15) is 20.3 Å². The summed E-state index contributed by atoms with van der Waals surface area (Å²) in [4.78, 5) is 13.2. The predicted octanol–water partition coefficient (Wildman–Crippen LogP) is 0.916. The second-order valence-electron chi connectivity index (χ2n) is 3.33. The van der Waals surface area contributed by atoms with E-state index in [1.54, 1.807) is 6.92 Å². The molecule has 1 heterocycles. The van der Waals surface area contributed by atoms with Crippen LogP contribution in [0.15, 0.2) is 0 Å². The Bertz CT molecular complexity index is 134. The van der Waals surface area contributed by atoms with Crippen LogP contribution in [0.2, 0.25) is 0 Å². The summed E-state index contributed by atoms with van der Waals surface area (Å²) in [5.41, 5.74) is 0. The number of hydrogen-bond acceptors (Lipinski definition) is 2. The van der Waals surface area contributed by atoms with Gasteiger partial charge in [0.05, 0.1) is 0 Å². The van der Waals surface area contributed by atoms with Crippen LogP contribution in [0.3, 0.4) is 0 Å². The molecular weight excluding hydrogens is 126 g/mol. The molecule has 1 fully saturated rings. The lowest BCUT2D eigenvalue weighted by Gasteiger charge is -2.12. The van der Waals surface area contributed by atoms with Crippen molar-refractivity contribution in [1.82, 2.24) is 4.90 Å². The molecule has 2 unspecified atom stereocenters. The van der Waals surface area contributed by atoms with Gasteiger partial charge in [0, 0.05) is 18.5 Å². The lowest BCUT2D eigenvalue weighted by molar-refractivity contribution is -0.120. The van der Waals surface area contributed by atoms with Crippen molar-refractivity contribution in [2.24, 2.45) is 5.92 Å². The first-order valence-electron chi connectivity index (χ1n) is 3.82. The third-order valence-electron chi connectivity index (χ3n) is 2.46. The second kappa shape index (κ2) is 2.70. The van der Waals surface area contributed by atoms with E-state index in [4.69, 9.17) is 0 Å². The zero-order chi connectivity index (χ0) is 7.72. The minimum absolute atomic E-state index is 0.306. The molecule has 10 heavy (non-hydrogen) atoms. The summed E-state index contributed by atoms with van der Waals surface area (Å²) < 4.78 is 0. The molecule has 2 nitrogen and oxygen atoms in total. The highest BCUT2D eigenvalue weighted by Gasteiger charge is 2.28. The molecule has 1 saturated heterocycles. The Balaban J connectivity index is 2.49. The first-order valence-corrected chi connectivity index (χ1v) is 3.82. The van der Waals surface area contributed by atoms with E-state index in [0.717, 1.165) is 13.0 Å². The molecule has 0 amide bonds. The van der Waals surface area contributed by atoms with Gasteiger partial charge in [0.25, 0.3) is 0 Å². The summed E-state index contributed by atoms with van der Waals surface area (Å²) in [6.07, 6.45) is 1.05. The molecule has 0 aliphatic carbocycles. The number of likely N-dealkylation sites (tertiary alicyclic amines) is 1. The van der Waals surface area contributed by atoms with Crippen LogP contribution < -0.4 is 0 Å². The van der Waals surface area contributed by atoms with Crippen molar-refractivity contribution < 1.29 is 4.79 Å². The van der Waals surface area contributed by atoms with E-state index < -0.39 is 0 Å². The van der Waals surface area contributed by atoms with Gasteiger partial charge < -0.3 is 4.90 Å². The number of Topliss-reactive ketones (excluding diaryl/α,β-unsaturated/α-hetero) is 1. The van der Waals surface area contributed by atoms with Crippen molar-refractivity contribution in [3.8, 4) is 0 Å². The van der Waals surface area contributed by atoms with Crippen LogP contribution in [0.4, 0.5) is 0 Å². The fourth-order valence-electron chi connectivity index (χ4n) is 1.49. The summed E-state index contributed by atoms with van der Waals surface area (Å²) in [6, 6.07) is 0.592. The van der Waals surface area contributed by atoms with Crippen LogP contribution in [0.5, 0.6) is 0 Å². The van der Waals surface area contributed by atoms with Gasteiger partial charge in [-0.25, -0.2) is 0 Å². The van der Waals surface area contributed by atoms with Crippen molar-refractivity contribution in [2.45, 2.75) is 26.3 Å². The molecule has 0 aromatic rings. The standard InChI is InChI=1S/C8H15NO/c1-6-4-8(7(2)10)5-9(6)3/h6,8H,4-5H2,1-3H3. The highest BCUT2D eigenvalue weighted by Crippen LogP contribution is 2.21. The Morgan fingerprint density at radius 3 is 2.40 bits per heavy atom. The van der Waals surface area contributed by atoms with Gasteiger partial charge in [0.2, 0.25) is 0 Å². The highest BCUT2D eigenvalue weighted by molar-refractivity contribution is 5.78. The molecule has 0 aromatic heterocycles. The van der Waals surface area contributed by atoms with E-state index in [9.17, 15) is 4.79 Å². The van der Waals surface area contributed by atoms with Gasteiger partial charge in [-0.2, -0.15) is 0 Å². The van der Waals surface area contributed by atoms with Crippen molar-refractivity contribution in [3.05, 3.63) is 0 Å². The first kappa shape index (κ1) is 7.73. The number of ketones is 1. The Labute approximate surface area is 62.2 Å². The number of carbonyl (C=O) groups is 1. The maximum Gasteiger partial charge on any atom is 0.134 e. The van der Waals surface area contributed by atoms with Crippen LogP contribution in [0, 0.1) is 5.92 Å². The number of nitrogens with zero attached hydrogens (tertiary/aromatic N) is 1. The zero-order valence-corrected chi connectivity index (χ0v) is 6.92. The Kier molecular flexibility index (Phi) is 2.09. The smallest absolute Gasteiger partial charge is 0.134 e. The molecule has 1 aliphatic heterocycles. The summed E-state index contributed by atoms with van der Waals surface area (Å²) >= 11 is 0. The first-order chi connectivity index (χ1) is 4.61. The molecule has 58 valence electrons. The SMILES string of the molecule is CC(=O)C1CC(C)N(C)C1. The molecule has 0 spiro atoms. The average Bonchev–Trinajstić information content (AvgIpc) is 2.13. The van der Waals surface area contributed by atoms with Gasteiger partial charge in [-0.05, 0) is 27.3 Å². The number of carbonyl (C=O) groups excluding carboxylic acids is 1. The zero-order valence-electron chi connectivity index (χ0n) is 6.92. The molecule has 0 bridgehead atoms. The lowest BCUT2D eigenvalue weighted by atomic mass is 10.0. The van der Waals surface area contributed by atoms with E-state index >= 15 is 0 Å². The molecule has 1 rings (SSSR count). The largest absolute Gasteiger partial charge is 0.303 e. The second-order valence-corrected chi connectivity index (χ2v) is 3.33. The highest BCUT2D eigenvalue weighted by atomic mass is 16.1. The Hall–Kier alpha value is -0.370. The molecule has 0 aromatic carbocycles. The summed E-state index contributed by atoms with van der Waals surface area (Å²) in [5.74, 6) is 0.649. The molecule has 2 atom stereocenters. The third-order valence-corrected chi connectivity index (χ3v) is 2.46. The van der Waals surface area contributed by atoms with E-state index in [1.807, 2.05) is 0 Å². The quantitative estimate of drug-likeness (QED) is 0.541. The fraction of sp³-hybridized carbons (Fsp3) is 0.875. The monoisotopic (exact) mass is 141 g/mol. The predicted molar refractivity (Wildman–Crippen MR) is 40.9 cm³/mol. The number of rotatable bonds is 1. The lowest BCUT2D eigenvalue weighted by Crippen LogP contribution is -2.22. The third kappa shape index (κ3) is 1.37. The van der Waals surface area contributed by atoms with Crippen molar-refractivity contribution in [3.63, 3.8) is 0 Å². The summed E-state index contributed by atoms with van der Waals surface area (Å²) in [5, 5.41) is 0. The maximum absolute atomic E-state index is 10.9. The van der Waals surface area contributed by atoms with Crippen LogP contribution in [-0.4, -0.2) is 30.3 Å². The van der Waals surface area contributed by atoms with Gasteiger partial charge in [0.15, 0.2) is 0 Å². The fourth-order valence-corrected chi connectivity index (χ4v) is 1.49. The van der Waals surface area contributed by atoms with Crippen LogP contribution in [0.25, 0.3) is 0 Å². The molecule has 0 saturated carbocycles. The Morgan fingerprint density at radius 1 is 1.60 bits per heavy atom. The minimum Gasteiger partial charge on any atom is -0.303 e. The van der Waals surface area contributed by atoms with Crippen molar-refractivity contribution in [2.75, 3.05) is 13.6 Å². The van der Waals surface area contributed by atoms with Gasteiger partial charge in [-0.1, -0.05) is 0 Å². The Morgan fingerprint density at radius 2 is 2.20 bits per heavy atom. The van der Waals surface area contributed by atoms with Gasteiger partial charge >= 0.3 is 0 Å². The van der Waals surface area contributed by atoms with Crippen LogP contribution in [-0.2, 0) is 4.79 Å². The minimum atomic E-state index is 0.306. The van der Waals surface area contributed by atoms with Crippen LogP contribution >= 0.6 is 0 Å². The normalized spacial score (nSPS) is 34.7.